The zero-order valence-electron chi connectivity index (χ0n) is 13.0. The first-order chi connectivity index (χ1) is 10.4. The van der Waals surface area contributed by atoms with Crippen molar-refractivity contribution in [2.45, 2.75) is 50.7 Å². The minimum absolute atomic E-state index is 0.125. The third-order valence-corrected chi connectivity index (χ3v) is 4.70. The summed E-state index contributed by atoms with van der Waals surface area (Å²) in [5, 5.41) is 3.63. The molecule has 1 aliphatic carbocycles. The summed E-state index contributed by atoms with van der Waals surface area (Å²) in [5.74, 6) is 0.801. The number of ether oxygens (including phenoxy) is 2. The fourth-order valence-electron chi connectivity index (χ4n) is 3.18. The lowest BCUT2D eigenvalue weighted by Gasteiger charge is -2.32. The van der Waals surface area contributed by atoms with Gasteiger partial charge >= 0.3 is 0 Å². The zero-order valence-corrected chi connectivity index (χ0v) is 13.0. The van der Waals surface area contributed by atoms with Crippen LogP contribution in [-0.4, -0.2) is 32.5 Å². The molecule has 3 nitrogen and oxygen atoms in total. The van der Waals surface area contributed by atoms with Gasteiger partial charge in [0, 0.05) is 0 Å². The molecule has 2 aliphatic rings. The molecule has 1 saturated heterocycles. The van der Waals surface area contributed by atoms with Crippen LogP contribution in [0.2, 0.25) is 0 Å². The Morgan fingerprint density at radius 3 is 2.57 bits per heavy atom. The summed E-state index contributed by atoms with van der Waals surface area (Å²) >= 11 is 0. The van der Waals surface area contributed by atoms with E-state index < -0.39 is 0 Å². The van der Waals surface area contributed by atoms with Crippen molar-refractivity contribution in [1.82, 2.24) is 5.32 Å². The molecule has 2 atom stereocenters. The number of benzene rings is 1. The van der Waals surface area contributed by atoms with Gasteiger partial charge in [-0.15, -0.1) is 0 Å². The summed E-state index contributed by atoms with van der Waals surface area (Å²) in [5.41, 5.74) is 2.82. The molecule has 2 fully saturated rings. The van der Waals surface area contributed by atoms with Crippen LogP contribution < -0.4 is 5.32 Å². The average molecular weight is 289 g/mol. The minimum Gasteiger partial charge on any atom is -0.376 e. The van der Waals surface area contributed by atoms with Gasteiger partial charge in [-0.25, -0.2) is 0 Å². The van der Waals surface area contributed by atoms with E-state index >= 15 is 0 Å². The van der Waals surface area contributed by atoms with Gasteiger partial charge in [0.15, 0.2) is 0 Å². The van der Waals surface area contributed by atoms with Crippen LogP contribution in [-0.2, 0) is 9.47 Å². The van der Waals surface area contributed by atoms with E-state index in [2.05, 4.69) is 36.5 Å². The lowest BCUT2D eigenvalue weighted by Crippen LogP contribution is -2.40. The second-order valence-corrected chi connectivity index (χ2v) is 6.21. The minimum atomic E-state index is 0.125. The van der Waals surface area contributed by atoms with Crippen molar-refractivity contribution in [3.05, 3.63) is 35.4 Å². The first kappa shape index (κ1) is 15.0. The Hall–Kier alpha value is -0.900. The van der Waals surface area contributed by atoms with Crippen LogP contribution in [0.25, 0.3) is 0 Å². The Bertz CT molecular complexity index is 421. The fourth-order valence-corrected chi connectivity index (χ4v) is 3.18. The highest BCUT2D eigenvalue weighted by atomic mass is 16.6. The molecule has 116 valence electrons. The van der Waals surface area contributed by atoms with E-state index in [4.69, 9.17) is 9.47 Å². The Kier molecular flexibility index (Phi) is 5.28. The number of hydrogen-bond acceptors (Lipinski definition) is 3. The van der Waals surface area contributed by atoms with Crippen molar-refractivity contribution in [3.63, 3.8) is 0 Å². The standard InChI is InChI=1S/C18H27NO2/c1-2-10-19-18(17-13-20-11-12-21-17)16-8-6-15(7-9-16)14-4-3-5-14/h6-9,14,17-19H,2-5,10-13H2,1H3. The van der Waals surface area contributed by atoms with E-state index in [1.807, 2.05) is 0 Å². The smallest absolute Gasteiger partial charge is 0.100 e. The quantitative estimate of drug-likeness (QED) is 0.870. The average Bonchev–Trinajstić information content (AvgIpc) is 2.49. The molecule has 0 bridgehead atoms. The highest BCUT2D eigenvalue weighted by Gasteiger charge is 2.26. The summed E-state index contributed by atoms with van der Waals surface area (Å²) in [6.07, 6.45) is 5.36. The lowest BCUT2D eigenvalue weighted by atomic mass is 9.79. The van der Waals surface area contributed by atoms with E-state index in [-0.39, 0.29) is 12.1 Å². The zero-order chi connectivity index (χ0) is 14.5. The van der Waals surface area contributed by atoms with Gasteiger partial charge in [-0.1, -0.05) is 37.6 Å². The molecule has 0 aromatic heterocycles. The molecule has 1 aliphatic heterocycles. The molecule has 0 radical (unpaired) electrons. The first-order valence-electron chi connectivity index (χ1n) is 8.41. The van der Waals surface area contributed by atoms with Gasteiger partial charge in [0.25, 0.3) is 0 Å². The maximum Gasteiger partial charge on any atom is 0.100 e. The Morgan fingerprint density at radius 1 is 1.19 bits per heavy atom. The highest BCUT2D eigenvalue weighted by Crippen LogP contribution is 2.36. The van der Waals surface area contributed by atoms with Crippen molar-refractivity contribution in [2.24, 2.45) is 0 Å². The van der Waals surface area contributed by atoms with Crippen LogP contribution in [0.3, 0.4) is 0 Å². The van der Waals surface area contributed by atoms with Gasteiger partial charge in [0.05, 0.1) is 25.9 Å². The van der Waals surface area contributed by atoms with Crippen molar-refractivity contribution < 1.29 is 9.47 Å². The number of nitrogens with one attached hydrogen (secondary N) is 1. The molecule has 0 amide bonds. The molecule has 3 heteroatoms. The molecule has 3 rings (SSSR count). The molecule has 21 heavy (non-hydrogen) atoms. The van der Waals surface area contributed by atoms with Crippen LogP contribution in [0.4, 0.5) is 0 Å². The van der Waals surface area contributed by atoms with Crippen LogP contribution >= 0.6 is 0 Å². The third kappa shape index (κ3) is 3.65. The van der Waals surface area contributed by atoms with E-state index in [1.54, 1.807) is 0 Å². The SMILES string of the molecule is CCCNC(c1ccc(C2CCC2)cc1)C1COCCO1. The van der Waals surface area contributed by atoms with Gasteiger partial charge in [0.2, 0.25) is 0 Å². The van der Waals surface area contributed by atoms with Crippen molar-refractivity contribution >= 4 is 0 Å². The van der Waals surface area contributed by atoms with Gasteiger partial charge in [-0.2, -0.15) is 0 Å². The number of hydrogen-bond donors (Lipinski definition) is 1. The molecule has 1 aromatic rings. The predicted octanol–water partition coefficient (Wildman–Crippen LogP) is 3.41. The first-order valence-corrected chi connectivity index (χ1v) is 8.41. The Balaban J connectivity index is 1.71. The molecule has 1 N–H and O–H groups in total. The monoisotopic (exact) mass is 289 g/mol. The van der Waals surface area contributed by atoms with Gasteiger partial charge in [-0.05, 0) is 42.9 Å². The predicted molar refractivity (Wildman–Crippen MR) is 84.6 cm³/mol. The van der Waals surface area contributed by atoms with Crippen LogP contribution in [0.1, 0.15) is 55.7 Å². The summed E-state index contributed by atoms with van der Waals surface area (Å²) in [7, 11) is 0. The van der Waals surface area contributed by atoms with Crippen LogP contribution in [0.15, 0.2) is 24.3 Å². The van der Waals surface area contributed by atoms with Gasteiger partial charge < -0.3 is 14.8 Å². The maximum absolute atomic E-state index is 5.91. The van der Waals surface area contributed by atoms with Crippen LogP contribution in [0.5, 0.6) is 0 Å². The van der Waals surface area contributed by atoms with Crippen molar-refractivity contribution in [2.75, 3.05) is 26.4 Å². The lowest BCUT2D eigenvalue weighted by molar-refractivity contribution is -0.102. The van der Waals surface area contributed by atoms with E-state index in [1.165, 1.54) is 30.4 Å². The largest absolute Gasteiger partial charge is 0.376 e. The van der Waals surface area contributed by atoms with E-state index in [9.17, 15) is 0 Å². The summed E-state index contributed by atoms with van der Waals surface area (Å²) in [4.78, 5) is 0. The maximum atomic E-state index is 5.91. The van der Waals surface area contributed by atoms with Gasteiger partial charge in [-0.3, -0.25) is 0 Å². The topological polar surface area (TPSA) is 30.5 Å². The fraction of sp³-hybridized carbons (Fsp3) is 0.667. The summed E-state index contributed by atoms with van der Waals surface area (Å²) in [6.45, 7) is 5.31. The molecule has 1 aromatic carbocycles. The normalized spacial score (nSPS) is 24.5. The Labute approximate surface area is 128 Å². The van der Waals surface area contributed by atoms with Crippen molar-refractivity contribution in [1.29, 1.82) is 0 Å². The molecule has 1 heterocycles. The molecular weight excluding hydrogens is 262 g/mol. The summed E-state index contributed by atoms with van der Waals surface area (Å²) < 4.78 is 11.5. The van der Waals surface area contributed by atoms with Crippen LogP contribution in [0, 0.1) is 0 Å². The van der Waals surface area contributed by atoms with E-state index in [0.717, 1.165) is 25.5 Å². The third-order valence-electron chi connectivity index (χ3n) is 4.70. The molecule has 2 unspecified atom stereocenters. The molecular formula is C18H27NO2. The second-order valence-electron chi connectivity index (χ2n) is 6.21. The second kappa shape index (κ2) is 7.39. The van der Waals surface area contributed by atoms with Gasteiger partial charge in [0.1, 0.15) is 6.10 Å². The Morgan fingerprint density at radius 2 is 2.00 bits per heavy atom. The summed E-state index contributed by atoms with van der Waals surface area (Å²) in [6, 6.07) is 9.41. The van der Waals surface area contributed by atoms with Crippen molar-refractivity contribution in [3.8, 4) is 0 Å². The molecule has 0 spiro atoms. The number of rotatable bonds is 6. The highest BCUT2D eigenvalue weighted by molar-refractivity contribution is 5.29. The van der Waals surface area contributed by atoms with E-state index in [0.29, 0.717) is 13.2 Å². The molecule has 1 saturated carbocycles.